The van der Waals surface area contributed by atoms with Gasteiger partial charge in [-0.25, -0.2) is 4.39 Å². The van der Waals surface area contributed by atoms with Crippen LogP contribution in [0.25, 0.3) is 0 Å². The van der Waals surface area contributed by atoms with Crippen LogP contribution in [0.4, 0.5) is 4.39 Å². The first-order valence-electron chi connectivity index (χ1n) is 4.68. The van der Waals surface area contributed by atoms with Gasteiger partial charge in [0.2, 0.25) is 0 Å². The molecule has 3 nitrogen and oxygen atoms in total. The Hall–Kier alpha value is -0.680. The van der Waals surface area contributed by atoms with Gasteiger partial charge in [-0.1, -0.05) is 17.7 Å². The minimum absolute atomic E-state index is 0.285. The summed E-state index contributed by atoms with van der Waals surface area (Å²) in [4.78, 5) is 0. The van der Waals surface area contributed by atoms with E-state index in [0.29, 0.717) is 17.2 Å². The molecular weight excluding hydrogens is 219 g/mol. The third-order valence-electron chi connectivity index (χ3n) is 2.04. The molecule has 1 rings (SSSR count). The molecule has 0 amide bonds. The Morgan fingerprint density at radius 2 is 2.33 bits per heavy atom. The zero-order valence-electron chi connectivity index (χ0n) is 8.47. The van der Waals surface area contributed by atoms with E-state index in [-0.39, 0.29) is 12.4 Å². The molecule has 0 aliphatic heterocycles. The summed E-state index contributed by atoms with van der Waals surface area (Å²) in [7, 11) is 0. The first-order valence-corrected chi connectivity index (χ1v) is 5.06. The highest BCUT2D eigenvalue weighted by Gasteiger charge is 2.17. The largest absolute Gasteiger partial charge is 0.380 e. The molecule has 0 radical (unpaired) electrons. The minimum atomic E-state index is -0.432. The molecule has 1 atom stereocenters. The van der Waals surface area contributed by atoms with Crippen LogP contribution in [-0.2, 0) is 4.74 Å². The molecule has 0 aromatic heterocycles. The lowest BCUT2D eigenvalue weighted by atomic mass is 10.1. The molecule has 0 saturated carbocycles. The lowest BCUT2D eigenvalue weighted by Gasteiger charge is -2.17. The predicted molar refractivity (Wildman–Crippen MR) is 58.0 cm³/mol. The Kier molecular flexibility index (Phi) is 4.98. The van der Waals surface area contributed by atoms with Crippen molar-refractivity contribution in [1.82, 2.24) is 5.43 Å². The van der Waals surface area contributed by atoms with E-state index in [2.05, 4.69) is 5.43 Å². The van der Waals surface area contributed by atoms with Gasteiger partial charge in [0.05, 0.1) is 12.6 Å². The summed E-state index contributed by atoms with van der Waals surface area (Å²) in [5, 5.41) is 0.345. The summed E-state index contributed by atoms with van der Waals surface area (Å²) in [5.74, 6) is 4.94. The van der Waals surface area contributed by atoms with Gasteiger partial charge < -0.3 is 4.74 Å². The maximum Gasteiger partial charge on any atom is 0.129 e. The average Bonchev–Trinajstić information content (AvgIpc) is 2.22. The molecule has 0 bridgehead atoms. The highest BCUT2D eigenvalue weighted by Crippen LogP contribution is 2.25. The predicted octanol–water partition coefficient (Wildman–Crippen LogP) is 2.02. The first-order chi connectivity index (χ1) is 7.20. The summed E-state index contributed by atoms with van der Waals surface area (Å²) in [6.45, 7) is 2.69. The van der Waals surface area contributed by atoms with Crippen LogP contribution < -0.4 is 11.3 Å². The quantitative estimate of drug-likeness (QED) is 0.603. The van der Waals surface area contributed by atoms with Crippen molar-refractivity contribution in [2.75, 3.05) is 13.2 Å². The van der Waals surface area contributed by atoms with Crippen molar-refractivity contribution in [1.29, 1.82) is 0 Å². The van der Waals surface area contributed by atoms with Gasteiger partial charge in [-0.15, -0.1) is 0 Å². The van der Waals surface area contributed by atoms with E-state index in [1.54, 1.807) is 12.1 Å². The topological polar surface area (TPSA) is 47.3 Å². The van der Waals surface area contributed by atoms with E-state index in [9.17, 15) is 4.39 Å². The molecule has 0 fully saturated rings. The van der Waals surface area contributed by atoms with Crippen LogP contribution in [0, 0.1) is 5.82 Å². The number of nitrogens with two attached hydrogens (primary N) is 1. The maximum absolute atomic E-state index is 13.5. The smallest absolute Gasteiger partial charge is 0.129 e. The normalized spacial score (nSPS) is 12.8. The highest BCUT2D eigenvalue weighted by atomic mass is 35.5. The number of benzene rings is 1. The number of hydrogen-bond donors (Lipinski definition) is 2. The first kappa shape index (κ1) is 12.4. The Bertz CT molecular complexity index is 302. The van der Waals surface area contributed by atoms with Crippen LogP contribution in [0.2, 0.25) is 5.02 Å². The molecule has 5 heteroatoms. The van der Waals surface area contributed by atoms with E-state index in [1.165, 1.54) is 6.07 Å². The van der Waals surface area contributed by atoms with Crippen molar-refractivity contribution in [2.45, 2.75) is 13.0 Å². The van der Waals surface area contributed by atoms with E-state index in [1.807, 2.05) is 6.92 Å². The van der Waals surface area contributed by atoms with Gasteiger partial charge in [0, 0.05) is 17.2 Å². The van der Waals surface area contributed by atoms with Crippen LogP contribution in [-0.4, -0.2) is 13.2 Å². The fourth-order valence-electron chi connectivity index (χ4n) is 1.29. The highest BCUT2D eigenvalue weighted by molar-refractivity contribution is 6.31. The molecule has 15 heavy (non-hydrogen) atoms. The molecular formula is C10H14ClFN2O. The monoisotopic (exact) mass is 232 g/mol. The van der Waals surface area contributed by atoms with Gasteiger partial charge in [0.25, 0.3) is 0 Å². The van der Waals surface area contributed by atoms with Crippen molar-refractivity contribution in [3.05, 3.63) is 34.6 Å². The zero-order valence-corrected chi connectivity index (χ0v) is 9.22. The Morgan fingerprint density at radius 1 is 1.60 bits per heavy atom. The molecule has 0 aliphatic rings. The lowest BCUT2D eigenvalue weighted by Crippen LogP contribution is -2.32. The molecule has 0 spiro atoms. The number of ether oxygens (including phenoxy) is 1. The molecule has 1 aromatic rings. The van der Waals surface area contributed by atoms with E-state index >= 15 is 0 Å². The van der Waals surface area contributed by atoms with Crippen molar-refractivity contribution < 1.29 is 9.13 Å². The van der Waals surface area contributed by atoms with E-state index in [0.717, 1.165) is 0 Å². The van der Waals surface area contributed by atoms with Gasteiger partial charge in [0.1, 0.15) is 5.82 Å². The second-order valence-electron chi connectivity index (χ2n) is 3.01. The minimum Gasteiger partial charge on any atom is -0.380 e. The molecule has 84 valence electrons. The van der Waals surface area contributed by atoms with E-state index in [4.69, 9.17) is 22.2 Å². The summed E-state index contributed by atoms with van der Waals surface area (Å²) < 4.78 is 18.7. The number of rotatable bonds is 5. The zero-order chi connectivity index (χ0) is 11.3. The Balaban J connectivity index is 2.90. The Labute approximate surface area is 93.3 Å². The van der Waals surface area contributed by atoms with Crippen molar-refractivity contribution in [3.63, 3.8) is 0 Å². The summed E-state index contributed by atoms with van der Waals surface area (Å²) in [6.07, 6.45) is 0. The average molecular weight is 233 g/mol. The van der Waals surface area contributed by atoms with Crippen molar-refractivity contribution in [2.24, 2.45) is 5.84 Å². The van der Waals surface area contributed by atoms with Gasteiger partial charge in [-0.05, 0) is 19.1 Å². The van der Waals surface area contributed by atoms with E-state index < -0.39 is 6.04 Å². The SMILES string of the molecule is CCOCC(NN)c1c(F)cccc1Cl. The van der Waals surface area contributed by atoms with Gasteiger partial charge >= 0.3 is 0 Å². The molecule has 1 unspecified atom stereocenters. The number of hydrogen-bond acceptors (Lipinski definition) is 3. The summed E-state index contributed by atoms with van der Waals surface area (Å²) in [6, 6.07) is 4.09. The molecule has 0 heterocycles. The number of halogens is 2. The summed E-state index contributed by atoms with van der Waals surface area (Å²) >= 11 is 5.89. The molecule has 1 aromatic carbocycles. The van der Waals surface area contributed by atoms with Gasteiger partial charge in [0.15, 0.2) is 0 Å². The summed E-state index contributed by atoms with van der Waals surface area (Å²) in [5.41, 5.74) is 2.83. The van der Waals surface area contributed by atoms with Crippen LogP contribution in [0.15, 0.2) is 18.2 Å². The van der Waals surface area contributed by atoms with Gasteiger partial charge in [-0.3, -0.25) is 11.3 Å². The fraction of sp³-hybridized carbons (Fsp3) is 0.400. The van der Waals surface area contributed by atoms with Crippen LogP contribution >= 0.6 is 11.6 Å². The molecule has 0 aliphatic carbocycles. The number of hydrazine groups is 1. The second kappa shape index (κ2) is 6.02. The van der Waals surface area contributed by atoms with Crippen molar-refractivity contribution >= 4 is 11.6 Å². The molecule has 3 N–H and O–H groups in total. The Morgan fingerprint density at radius 3 is 2.87 bits per heavy atom. The maximum atomic E-state index is 13.5. The van der Waals surface area contributed by atoms with Crippen LogP contribution in [0.5, 0.6) is 0 Å². The van der Waals surface area contributed by atoms with Crippen LogP contribution in [0.3, 0.4) is 0 Å². The lowest BCUT2D eigenvalue weighted by molar-refractivity contribution is 0.122. The molecule has 0 saturated heterocycles. The van der Waals surface area contributed by atoms with Gasteiger partial charge in [-0.2, -0.15) is 0 Å². The van der Waals surface area contributed by atoms with Crippen LogP contribution in [0.1, 0.15) is 18.5 Å². The number of nitrogens with one attached hydrogen (secondary N) is 1. The third-order valence-corrected chi connectivity index (χ3v) is 2.37. The second-order valence-corrected chi connectivity index (χ2v) is 3.42. The third kappa shape index (κ3) is 3.14. The fourth-order valence-corrected chi connectivity index (χ4v) is 1.59. The standard InChI is InChI=1S/C10H14ClFN2O/c1-2-15-6-9(14-13)10-7(11)4-3-5-8(10)12/h3-5,9,14H,2,6,13H2,1H3. The van der Waals surface area contributed by atoms with Crippen molar-refractivity contribution in [3.8, 4) is 0 Å².